The van der Waals surface area contributed by atoms with Crippen LogP contribution in [0.2, 0.25) is 5.02 Å². The Hall–Kier alpha value is -1.89. The number of Topliss-reactive ketones (excluding diaryl/α,β-unsaturated/α-hetero) is 1. The molecule has 27 heavy (non-hydrogen) atoms. The molecule has 0 heterocycles. The molecule has 0 unspecified atom stereocenters. The third-order valence-corrected chi connectivity index (χ3v) is 5.52. The molecule has 1 N–H and O–H groups in total. The van der Waals surface area contributed by atoms with Crippen molar-refractivity contribution in [3.63, 3.8) is 0 Å². The molecular formula is C20H23ClO5S. The lowest BCUT2D eigenvalue weighted by Gasteiger charge is -2.20. The smallest absolute Gasteiger partial charge is 0.203 e. The van der Waals surface area contributed by atoms with Crippen molar-refractivity contribution in [3.8, 4) is 17.2 Å². The molecule has 2 aromatic rings. The molecular weight excluding hydrogens is 388 g/mol. The van der Waals surface area contributed by atoms with Crippen LogP contribution in [-0.2, 0) is 0 Å². The Labute approximate surface area is 168 Å². The number of thioether (sulfide) groups is 1. The van der Waals surface area contributed by atoms with Gasteiger partial charge in [0.05, 0.1) is 27.9 Å². The van der Waals surface area contributed by atoms with Gasteiger partial charge in [-0.2, -0.15) is 11.8 Å². The molecule has 0 bridgehead atoms. The minimum absolute atomic E-state index is 0.00384. The van der Waals surface area contributed by atoms with Crippen LogP contribution in [-0.4, -0.2) is 44.6 Å². The highest BCUT2D eigenvalue weighted by Gasteiger charge is 2.22. The first-order valence-electron chi connectivity index (χ1n) is 8.35. The molecule has 0 aromatic heterocycles. The van der Waals surface area contributed by atoms with E-state index in [2.05, 4.69) is 0 Å². The largest absolute Gasteiger partial charge is 0.493 e. The highest BCUT2D eigenvalue weighted by Crippen LogP contribution is 2.43. The number of carbonyl (C=O) groups is 1. The van der Waals surface area contributed by atoms with Crippen LogP contribution < -0.4 is 14.2 Å². The van der Waals surface area contributed by atoms with E-state index in [0.29, 0.717) is 33.6 Å². The molecule has 1 atom stereocenters. The van der Waals surface area contributed by atoms with Gasteiger partial charge < -0.3 is 19.3 Å². The van der Waals surface area contributed by atoms with Crippen LogP contribution >= 0.6 is 23.4 Å². The zero-order valence-electron chi connectivity index (χ0n) is 15.5. The maximum absolute atomic E-state index is 12.7. The van der Waals surface area contributed by atoms with Gasteiger partial charge in [0.1, 0.15) is 0 Å². The zero-order chi connectivity index (χ0) is 19.8. The summed E-state index contributed by atoms with van der Waals surface area (Å²) in [5.41, 5.74) is 1.46. The van der Waals surface area contributed by atoms with Crippen molar-refractivity contribution in [1.29, 1.82) is 0 Å². The van der Waals surface area contributed by atoms with Gasteiger partial charge in [0, 0.05) is 28.0 Å². The molecule has 0 aliphatic heterocycles. The van der Waals surface area contributed by atoms with Crippen LogP contribution in [0.3, 0.4) is 0 Å². The van der Waals surface area contributed by atoms with E-state index in [9.17, 15) is 9.90 Å². The Morgan fingerprint density at radius 1 is 1.07 bits per heavy atom. The predicted molar refractivity (Wildman–Crippen MR) is 109 cm³/mol. The molecule has 0 saturated carbocycles. The van der Waals surface area contributed by atoms with Crippen LogP contribution in [0, 0.1) is 0 Å². The van der Waals surface area contributed by atoms with Gasteiger partial charge in [-0.1, -0.05) is 11.6 Å². The molecule has 0 aliphatic rings. The first kappa shape index (κ1) is 21.4. The van der Waals surface area contributed by atoms with Gasteiger partial charge in [-0.3, -0.25) is 4.79 Å². The number of aliphatic hydroxyl groups excluding tert-OH is 1. The van der Waals surface area contributed by atoms with Gasteiger partial charge >= 0.3 is 0 Å². The summed E-state index contributed by atoms with van der Waals surface area (Å²) in [4.78, 5) is 12.7. The Morgan fingerprint density at radius 2 is 1.67 bits per heavy atom. The van der Waals surface area contributed by atoms with Crippen molar-refractivity contribution in [1.82, 2.24) is 0 Å². The molecule has 0 amide bonds. The minimum atomic E-state index is -0.172. The van der Waals surface area contributed by atoms with Crippen LogP contribution in [0.15, 0.2) is 36.4 Å². The number of ether oxygens (including phenoxy) is 3. The summed E-state index contributed by atoms with van der Waals surface area (Å²) in [6, 6.07) is 10.5. The fraction of sp³-hybridized carbons (Fsp3) is 0.350. The fourth-order valence-corrected chi connectivity index (χ4v) is 3.79. The number of methoxy groups -OCH3 is 3. The van der Waals surface area contributed by atoms with E-state index in [1.165, 1.54) is 11.8 Å². The number of benzene rings is 2. The molecule has 146 valence electrons. The SMILES string of the molecule is COc1cc([C@@H](CC(=O)c2ccc(Cl)cc2)SCCO)cc(OC)c1OC. The quantitative estimate of drug-likeness (QED) is 0.585. The topological polar surface area (TPSA) is 65.0 Å². The average Bonchev–Trinajstić information content (AvgIpc) is 2.70. The lowest BCUT2D eigenvalue weighted by atomic mass is 10.0. The second-order valence-corrected chi connectivity index (χ2v) is 7.42. The average molecular weight is 411 g/mol. The van der Waals surface area contributed by atoms with E-state index in [4.69, 9.17) is 25.8 Å². The van der Waals surface area contributed by atoms with E-state index in [1.807, 2.05) is 12.1 Å². The molecule has 0 radical (unpaired) electrons. The molecule has 0 aliphatic carbocycles. The maximum Gasteiger partial charge on any atom is 0.203 e. The lowest BCUT2D eigenvalue weighted by molar-refractivity contribution is 0.0982. The normalized spacial score (nSPS) is 11.7. The summed E-state index contributed by atoms with van der Waals surface area (Å²) in [6.07, 6.45) is 0.269. The van der Waals surface area contributed by atoms with Gasteiger partial charge in [-0.15, -0.1) is 0 Å². The van der Waals surface area contributed by atoms with Crippen molar-refractivity contribution >= 4 is 29.1 Å². The minimum Gasteiger partial charge on any atom is -0.493 e. The molecule has 0 fully saturated rings. The number of halogens is 1. The van der Waals surface area contributed by atoms with Crippen molar-refractivity contribution in [3.05, 3.63) is 52.5 Å². The van der Waals surface area contributed by atoms with E-state index in [1.54, 1.807) is 45.6 Å². The Morgan fingerprint density at radius 3 is 2.15 bits per heavy atom. The van der Waals surface area contributed by atoms with Crippen molar-refractivity contribution in [2.24, 2.45) is 0 Å². The van der Waals surface area contributed by atoms with Crippen LogP contribution in [0.5, 0.6) is 17.2 Å². The van der Waals surface area contributed by atoms with Crippen LogP contribution in [0.25, 0.3) is 0 Å². The summed E-state index contributed by atoms with van der Waals surface area (Å²) in [5.74, 6) is 2.06. The summed E-state index contributed by atoms with van der Waals surface area (Å²) >= 11 is 7.40. The van der Waals surface area contributed by atoms with Gasteiger partial charge in [0.15, 0.2) is 17.3 Å². The molecule has 5 nitrogen and oxygen atoms in total. The lowest BCUT2D eigenvalue weighted by Crippen LogP contribution is -2.08. The first-order valence-corrected chi connectivity index (χ1v) is 9.77. The fourth-order valence-electron chi connectivity index (χ4n) is 2.68. The predicted octanol–water partition coefficient (Wildman–Crippen LogP) is 4.41. The van der Waals surface area contributed by atoms with E-state index < -0.39 is 0 Å². The summed E-state index contributed by atoms with van der Waals surface area (Å²) < 4.78 is 16.2. The third-order valence-electron chi connectivity index (χ3n) is 4.01. The van der Waals surface area contributed by atoms with Gasteiger partial charge in [-0.05, 0) is 42.0 Å². The molecule has 2 rings (SSSR count). The van der Waals surface area contributed by atoms with E-state index >= 15 is 0 Å². The van der Waals surface area contributed by atoms with E-state index in [-0.39, 0.29) is 24.1 Å². The van der Waals surface area contributed by atoms with Gasteiger partial charge in [0.25, 0.3) is 0 Å². The zero-order valence-corrected chi connectivity index (χ0v) is 17.1. The number of aliphatic hydroxyl groups is 1. The molecule has 0 spiro atoms. The number of carbonyl (C=O) groups excluding carboxylic acids is 1. The van der Waals surface area contributed by atoms with Gasteiger partial charge in [0.2, 0.25) is 5.75 Å². The first-order chi connectivity index (χ1) is 13.0. The monoisotopic (exact) mass is 410 g/mol. The highest BCUT2D eigenvalue weighted by atomic mass is 35.5. The Kier molecular flexibility index (Phi) is 8.28. The summed E-state index contributed by atoms with van der Waals surface area (Å²) in [6.45, 7) is 0.0285. The Bertz CT molecular complexity index is 738. The second-order valence-electron chi connectivity index (χ2n) is 5.68. The van der Waals surface area contributed by atoms with Gasteiger partial charge in [-0.25, -0.2) is 0 Å². The standard InChI is InChI=1S/C20H23ClO5S/c1-24-17-10-14(11-18(25-2)20(17)26-3)19(27-9-8-22)12-16(23)13-4-6-15(21)7-5-13/h4-7,10-11,19,22H,8-9,12H2,1-3H3/t19-/m1/s1. The molecule has 0 saturated heterocycles. The molecule has 2 aromatic carbocycles. The van der Waals surface area contributed by atoms with Crippen LogP contribution in [0.4, 0.5) is 0 Å². The Balaban J connectivity index is 2.35. The number of hydrogen-bond donors (Lipinski definition) is 1. The van der Waals surface area contributed by atoms with Crippen LogP contribution in [0.1, 0.15) is 27.6 Å². The highest BCUT2D eigenvalue weighted by molar-refractivity contribution is 7.99. The second kappa shape index (κ2) is 10.4. The van der Waals surface area contributed by atoms with Crippen molar-refractivity contribution in [2.45, 2.75) is 11.7 Å². The summed E-state index contributed by atoms with van der Waals surface area (Å²) in [5, 5.41) is 9.65. The molecule has 7 heteroatoms. The maximum atomic E-state index is 12.7. The third kappa shape index (κ3) is 5.54. The number of ketones is 1. The number of hydrogen-bond acceptors (Lipinski definition) is 6. The van der Waals surface area contributed by atoms with Crippen molar-refractivity contribution in [2.75, 3.05) is 33.7 Å². The van der Waals surface area contributed by atoms with Crippen molar-refractivity contribution < 1.29 is 24.1 Å². The number of rotatable bonds is 10. The summed E-state index contributed by atoms with van der Waals surface area (Å²) in [7, 11) is 4.65. The van der Waals surface area contributed by atoms with E-state index in [0.717, 1.165) is 5.56 Å².